The summed E-state index contributed by atoms with van der Waals surface area (Å²) in [4.78, 5) is 5.06. The van der Waals surface area contributed by atoms with Gasteiger partial charge in [-0.25, -0.2) is 0 Å². The van der Waals surface area contributed by atoms with Gasteiger partial charge in [0.1, 0.15) is 17.2 Å². The molecule has 4 nitrogen and oxygen atoms in total. The van der Waals surface area contributed by atoms with Crippen LogP contribution in [0.15, 0.2) is 59.6 Å². The van der Waals surface area contributed by atoms with Gasteiger partial charge in [-0.15, -0.1) is 0 Å². The molecule has 0 saturated heterocycles. The summed E-state index contributed by atoms with van der Waals surface area (Å²) in [6.07, 6.45) is 3.34. The number of benzene rings is 2. The van der Waals surface area contributed by atoms with Gasteiger partial charge in [-0.3, -0.25) is 9.19 Å². The number of hydrogen-bond acceptors (Lipinski definition) is 4. The first-order valence-electron chi connectivity index (χ1n) is 6.71. The Hall–Kier alpha value is -2.40. The third-order valence-electron chi connectivity index (χ3n) is 3.28. The quantitative estimate of drug-likeness (QED) is 0.735. The van der Waals surface area contributed by atoms with Crippen molar-refractivity contribution in [2.24, 2.45) is 0 Å². The highest BCUT2D eigenvalue weighted by Gasteiger charge is 2.07. The van der Waals surface area contributed by atoms with Crippen molar-refractivity contribution in [3.05, 3.63) is 54.7 Å². The molecule has 5 heteroatoms. The Morgan fingerprint density at radius 3 is 2.68 bits per heavy atom. The van der Waals surface area contributed by atoms with Crippen LogP contribution in [0.4, 0.5) is 0 Å². The van der Waals surface area contributed by atoms with Crippen LogP contribution in [0, 0.1) is 0 Å². The molecule has 1 atom stereocenters. The minimum Gasteiger partial charge on any atom is -0.497 e. The molecule has 2 aromatic carbocycles. The molecular weight excluding hydrogens is 298 g/mol. The van der Waals surface area contributed by atoms with Crippen molar-refractivity contribution >= 4 is 21.7 Å². The second kappa shape index (κ2) is 6.15. The summed E-state index contributed by atoms with van der Waals surface area (Å²) in [5.74, 6) is 2.10. The molecule has 0 bridgehead atoms. The highest BCUT2D eigenvalue weighted by Crippen LogP contribution is 2.31. The van der Waals surface area contributed by atoms with Gasteiger partial charge in [-0.2, -0.15) is 0 Å². The SMILES string of the molecule is COc1ccc2c(Oc3cccc(S(C)=O)c3)ccnc2c1. The zero-order valence-electron chi connectivity index (χ0n) is 12.3. The summed E-state index contributed by atoms with van der Waals surface area (Å²) in [5.41, 5.74) is 0.798. The van der Waals surface area contributed by atoms with E-state index in [1.54, 1.807) is 25.6 Å². The van der Waals surface area contributed by atoms with Crippen LogP contribution in [-0.2, 0) is 10.8 Å². The lowest BCUT2D eigenvalue weighted by Crippen LogP contribution is -1.91. The molecule has 0 amide bonds. The van der Waals surface area contributed by atoms with Crippen molar-refractivity contribution in [1.29, 1.82) is 0 Å². The smallest absolute Gasteiger partial charge is 0.138 e. The normalized spacial score (nSPS) is 12.1. The first-order chi connectivity index (χ1) is 10.7. The van der Waals surface area contributed by atoms with E-state index in [-0.39, 0.29) is 0 Å². The Balaban J connectivity index is 2.00. The Kier molecular flexibility index (Phi) is 4.06. The van der Waals surface area contributed by atoms with Crippen molar-refractivity contribution in [1.82, 2.24) is 4.98 Å². The molecular formula is C17H15NO3S. The lowest BCUT2D eigenvalue weighted by Gasteiger charge is -2.10. The molecule has 0 spiro atoms. The number of nitrogens with zero attached hydrogens (tertiary/aromatic N) is 1. The molecule has 0 N–H and O–H groups in total. The second-order valence-electron chi connectivity index (χ2n) is 4.72. The predicted octanol–water partition coefficient (Wildman–Crippen LogP) is 3.77. The van der Waals surface area contributed by atoms with E-state index in [1.165, 1.54) is 0 Å². The number of methoxy groups -OCH3 is 1. The average Bonchev–Trinajstić information content (AvgIpc) is 2.55. The maximum Gasteiger partial charge on any atom is 0.138 e. The van der Waals surface area contributed by atoms with Gasteiger partial charge < -0.3 is 9.47 Å². The van der Waals surface area contributed by atoms with Gasteiger partial charge in [0.25, 0.3) is 0 Å². The van der Waals surface area contributed by atoms with Crippen LogP contribution < -0.4 is 9.47 Å². The van der Waals surface area contributed by atoms with Gasteiger partial charge in [0, 0.05) is 39.6 Å². The highest BCUT2D eigenvalue weighted by atomic mass is 32.2. The van der Waals surface area contributed by atoms with Gasteiger partial charge in [0.05, 0.1) is 12.6 Å². The first-order valence-corrected chi connectivity index (χ1v) is 8.27. The van der Waals surface area contributed by atoms with Crippen molar-refractivity contribution in [2.75, 3.05) is 13.4 Å². The van der Waals surface area contributed by atoms with Gasteiger partial charge in [0.2, 0.25) is 0 Å². The molecule has 22 heavy (non-hydrogen) atoms. The standard InChI is InChI=1S/C17H15NO3S/c1-20-12-6-7-15-16(11-12)18-9-8-17(15)21-13-4-3-5-14(10-13)22(2)19/h3-11H,1-2H3. The molecule has 0 aliphatic heterocycles. The largest absolute Gasteiger partial charge is 0.497 e. The summed E-state index contributed by atoms with van der Waals surface area (Å²) in [7, 11) is 0.585. The van der Waals surface area contributed by atoms with E-state index in [1.807, 2.05) is 42.5 Å². The fourth-order valence-electron chi connectivity index (χ4n) is 2.16. The number of ether oxygens (including phenoxy) is 2. The first kappa shape index (κ1) is 14.5. The van der Waals surface area contributed by atoms with Gasteiger partial charge in [-0.1, -0.05) is 6.07 Å². The van der Waals surface area contributed by atoms with E-state index < -0.39 is 10.8 Å². The number of hydrogen-bond donors (Lipinski definition) is 0. The fraction of sp³-hybridized carbons (Fsp3) is 0.118. The van der Waals surface area contributed by atoms with Crippen molar-refractivity contribution in [3.8, 4) is 17.2 Å². The average molecular weight is 313 g/mol. The van der Waals surface area contributed by atoms with Crippen LogP contribution in [0.1, 0.15) is 0 Å². The lowest BCUT2D eigenvalue weighted by molar-refractivity contribution is 0.415. The van der Waals surface area contributed by atoms with Crippen LogP contribution in [0.5, 0.6) is 17.2 Å². The van der Waals surface area contributed by atoms with Crippen LogP contribution in [0.3, 0.4) is 0 Å². The molecule has 0 aliphatic carbocycles. The molecule has 0 fully saturated rings. The number of rotatable bonds is 4. The monoisotopic (exact) mass is 313 g/mol. The van der Waals surface area contributed by atoms with Crippen LogP contribution in [-0.4, -0.2) is 22.6 Å². The molecule has 1 unspecified atom stereocenters. The van der Waals surface area contributed by atoms with E-state index in [0.717, 1.165) is 21.5 Å². The zero-order valence-corrected chi connectivity index (χ0v) is 13.1. The third kappa shape index (κ3) is 2.94. The molecule has 3 aromatic rings. The van der Waals surface area contributed by atoms with Crippen molar-refractivity contribution in [2.45, 2.75) is 4.90 Å². The minimum atomic E-state index is -1.04. The Morgan fingerprint density at radius 1 is 1.05 bits per heavy atom. The fourth-order valence-corrected chi connectivity index (χ4v) is 2.71. The number of fused-ring (bicyclic) bond motifs is 1. The molecule has 0 aliphatic rings. The summed E-state index contributed by atoms with van der Waals surface area (Å²) in [5, 5.41) is 0.895. The highest BCUT2D eigenvalue weighted by molar-refractivity contribution is 7.84. The van der Waals surface area contributed by atoms with Crippen molar-refractivity contribution in [3.63, 3.8) is 0 Å². The van der Waals surface area contributed by atoms with E-state index in [4.69, 9.17) is 9.47 Å². The van der Waals surface area contributed by atoms with E-state index >= 15 is 0 Å². The van der Waals surface area contributed by atoms with E-state index in [0.29, 0.717) is 11.5 Å². The summed E-state index contributed by atoms with van der Waals surface area (Å²) >= 11 is 0. The van der Waals surface area contributed by atoms with Crippen molar-refractivity contribution < 1.29 is 13.7 Å². The molecule has 1 aromatic heterocycles. The number of pyridine rings is 1. The van der Waals surface area contributed by atoms with E-state index in [2.05, 4.69) is 4.98 Å². The van der Waals surface area contributed by atoms with Gasteiger partial charge in [-0.05, 0) is 36.4 Å². The van der Waals surface area contributed by atoms with Crippen LogP contribution >= 0.6 is 0 Å². The maximum atomic E-state index is 11.6. The van der Waals surface area contributed by atoms with E-state index in [9.17, 15) is 4.21 Å². The Bertz CT molecular complexity index is 848. The minimum absolute atomic E-state index is 0.649. The summed E-state index contributed by atoms with van der Waals surface area (Å²) in [6.45, 7) is 0. The number of aromatic nitrogens is 1. The van der Waals surface area contributed by atoms with Crippen LogP contribution in [0.2, 0.25) is 0 Å². The Labute approximate surface area is 131 Å². The summed E-state index contributed by atoms with van der Waals surface area (Å²) in [6, 6.07) is 14.7. The second-order valence-corrected chi connectivity index (χ2v) is 6.10. The lowest BCUT2D eigenvalue weighted by atomic mass is 10.2. The topological polar surface area (TPSA) is 48.4 Å². The molecule has 112 valence electrons. The zero-order chi connectivity index (χ0) is 15.5. The molecule has 0 radical (unpaired) electrons. The van der Waals surface area contributed by atoms with Gasteiger partial charge in [0.15, 0.2) is 0 Å². The molecule has 3 rings (SSSR count). The Morgan fingerprint density at radius 2 is 1.91 bits per heavy atom. The van der Waals surface area contributed by atoms with Crippen LogP contribution in [0.25, 0.3) is 10.9 Å². The maximum absolute atomic E-state index is 11.6. The molecule has 0 saturated carbocycles. The molecule has 1 heterocycles. The third-order valence-corrected chi connectivity index (χ3v) is 4.19. The predicted molar refractivity (Wildman–Crippen MR) is 87.1 cm³/mol. The van der Waals surface area contributed by atoms with Gasteiger partial charge >= 0.3 is 0 Å². The summed E-state index contributed by atoms with van der Waals surface area (Å²) < 4.78 is 22.7.